The fraction of sp³-hybridized carbons (Fsp3) is 1.00. The largest absolute Gasteiger partial charge is 0.354 e. The second-order valence-corrected chi connectivity index (χ2v) is 17.8. The van der Waals surface area contributed by atoms with Gasteiger partial charge in [0.2, 0.25) is 0 Å². The molecule has 0 aromatic rings. The van der Waals surface area contributed by atoms with Gasteiger partial charge < -0.3 is 15.8 Å². The molecule has 4 N–H and O–H groups in total. The molecule has 2 heterocycles. The van der Waals surface area contributed by atoms with E-state index in [0.29, 0.717) is 22.8 Å². The summed E-state index contributed by atoms with van der Waals surface area (Å²) in [5.74, 6) is 1.22. The van der Waals surface area contributed by atoms with Crippen LogP contribution in [0.4, 0.5) is 0 Å². The van der Waals surface area contributed by atoms with E-state index in [-0.39, 0.29) is 33.0 Å². The molecule has 0 radical (unpaired) electrons. The Kier molecular flexibility index (Phi) is 8.58. The minimum atomic E-state index is -0.163. The van der Waals surface area contributed by atoms with E-state index in [9.17, 15) is 0 Å². The second-order valence-electron chi connectivity index (χ2n) is 17.8. The smallest absolute Gasteiger partial charge is 0.123 e. The van der Waals surface area contributed by atoms with Crippen LogP contribution in [0.1, 0.15) is 147 Å². The highest BCUT2D eigenvalue weighted by Gasteiger charge is 2.78. The average Bonchev–Trinajstić information content (AvgIpc) is 3.10. The van der Waals surface area contributed by atoms with Gasteiger partial charge in [-0.05, 0) is 97.7 Å². The van der Waals surface area contributed by atoms with Crippen LogP contribution >= 0.6 is 0 Å². The number of rotatable bonds is 9. The Morgan fingerprint density at radius 3 is 2.23 bits per heavy atom. The van der Waals surface area contributed by atoms with E-state index < -0.39 is 0 Å². The van der Waals surface area contributed by atoms with Crippen molar-refractivity contribution in [2.45, 2.75) is 165 Å². The maximum atomic E-state index is 7.35. The van der Waals surface area contributed by atoms with Crippen molar-refractivity contribution >= 4 is 0 Å². The molecule has 0 aromatic heterocycles. The van der Waals surface area contributed by atoms with Gasteiger partial charge in [0, 0.05) is 37.0 Å². The Balaban J connectivity index is 1.63. The first kappa shape index (κ1) is 32.7. The molecular weight excluding hydrogens is 490 g/mol. The summed E-state index contributed by atoms with van der Waals surface area (Å²) in [5, 5.41) is 7.77. The number of hydrogen-bond donors (Lipinski definition) is 3. The minimum absolute atomic E-state index is 0.101. The third-order valence-electron chi connectivity index (χ3n) is 15.4. The lowest BCUT2D eigenvalue weighted by molar-refractivity contribution is -0.148. The number of ether oxygens (including phenoxy) is 1. The summed E-state index contributed by atoms with van der Waals surface area (Å²) in [5.41, 5.74) is 7.03. The van der Waals surface area contributed by atoms with Crippen molar-refractivity contribution in [1.82, 2.24) is 10.6 Å². The molecule has 2 saturated carbocycles. The summed E-state index contributed by atoms with van der Waals surface area (Å²) in [6.07, 6.45) is 12.5. The van der Waals surface area contributed by atoms with E-state index >= 15 is 0 Å². The Morgan fingerprint density at radius 1 is 0.975 bits per heavy atom. The summed E-state index contributed by atoms with van der Waals surface area (Å²) < 4.78 is 7.35. The van der Waals surface area contributed by atoms with Crippen molar-refractivity contribution in [3.05, 3.63) is 0 Å². The SMILES string of the molecule is CCC[C@@]1(C)CC(NCCN)CC[C@]1(C)C(C)(C)CC[C@@]1(C)C(C)(C)C[C@]2(C)O[C@@]3(CC[C@H](C)CN3)[C@@H](C)[C@]12C. The van der Waals surface area contributed by atoms with Gasteiger partial charge in [0.15, 0.2) is 0 Å². The molecular formula is C36H69N3O. The van der Waals surface area contributed by atoms with Crippen molar-refractivity contribution in [3.63, 3.8) is 0 Å². The summed E-state index contributed by atoms with van der Waals surface area (Å²) in [6, 6.07) is 0.605. The van der Waals surface area contributed by atoms with E-state index in [2.05, 4.69) is 93.7 Å². The molecule has 2 aliphatic heterocycles. The molecule has 1 spiro atoms. The van der Waals surface area contributed by atoms with Gasteiger partial charge in [-0.3, -0.25) is 5.32 Å². The highest BCUT2D eigenvalue weighted by atomic mass is 16.5. The quantitative estimate of drug-likeness (QED) is 0.266. The molecule has 4 aliphatic rings. The molecule has 4 heteroatoms. The summed E-state index contributed by atoms with van der Waals surface area (Å²) in [7, 11) is 0. The first-order chi connectivity index (χ1) is 18.3. The molecule has 4 rings (SSSR count). The lowest BCUT2D eigenvalue weighted by Gasteiger charge is -2.61. The van der Waals surface area contributed by atoms with Crippen molar-refractivity contribution in [1.29, 1.82) is 0 Å². The fourth-order valence-corrected chi connectivity index (χ4v) is 11.6. The van der Waals surface area contributed by atoms with Crippen molar-refractivity contribution < 1.29 is 4.74 Å². The molecule has 1 unspecified atom stereocenters. The Labute approximate surface area is 249 Å². The zero-order valence-electron chi connectivity index (χ0n) is 28.9. The fourth-order valence-electron chi connectivity index (χ4n) is 11.6. The van der Waals surface area contributed by atoms with Crippen LogP contribution in [0.15, 0.2) is 0 Å². The van der Waals surface area contributed by atoms with Gasteiger partial charge in [-0.2, -0.15) is 0 Å². The first-order valence-electron chi connectivity index (χ1n) is 17.2. The summed E-state index contributed by atoms with van der Waals surface area (Å²) in [6.45, 7) is 33.5. The lowest BCUT2D eigenvalue weighted by atomic mass is 9.44. The monoisotopic (exact) mass is 560 g/mol. The molecule has 234 valence electrons. The first-order valence-corrected chi connectivity index (χ1v) is 17.2. The number of piperidine rings is 1. The van der Waals surface area contributed by atoms with Crippen molar-refractivity contribution in [3.8, 4) is 0 Å². The Bertz CT molecular complexity index is 908. The van der Waals surface area contributed by atoms with Gasteiger partial charge in [0.05, 0.1) is 5.60 Å². The van der Waals surface area contributed by atoms with E-state index in [1.165, 1.54) is 51.4 Å². The van der Waals surface area contributed by atoms with Gasteiger partial charge in [-0.1, -0.05) is 82.6 Å². The normalized spacial score (nSPS) is 49.0. The third-order valence-corrected chi connectivity index (χ3v) is 15.4. The van der Waals surface area contributed by atoms with E-state index in [1.54, 1.807) is 0 Å². The number of hydrogen-bond acceptors (Lipinski definition) is 4. The van der Waals surface area contributed by atoms with Crippen molar-refractivity contribution in [2.24, 2.45) is 50.1 Å². The van der Waals surface area contributed by atoms with Crippen LogP contribution in [-0.2, 0) is 4.74 Å². The zero-order chi connectivity index (χ0) is 30.0. The lowest BCUT2D eigenvalue weighted by Crippen LogP contribution is -2.58. The van der Waals surface area contributed by atoms with Crippen LogP contribution in [0, 0.1) is 44.3 Å². The van der Waals surface area contributed by atoms with Crippen molar-refractivity contribution in [2.75, 3.05) is 19.6 Å². The zero-order valence-corrected chi connectivity index (χ0v) is 28.9. The molecule has 2 saturated heterocycles. The van der Waals surface area contributed by atoms with Crippen LogP contribution in [0.25, 0.3) is 0 Å². The standard InChI is InChI=1S/C36H69N3O/c1-13-16-31(8)23-28(38-22-21-37)15-17-32(31,9)29(4,5)19-20-33(10)30(6,7)25-34(11)35(33,12)27(3)36(40-34)18-14-26(2)24-39-36/h26-28,38-39H,13-25,37H2,1-12H3/t26-,27-,28?,31-,32+,33-,34-,35+,36-/m0/s1. The number of nitrogens with one attached hydrogen (secondary N) is 2. The summed E-state index contributed by atoms with van der Waals surface area (Å²) in [4.78, 5) is 0. The second kappa shape index (κ2) is 10.5. The van der Waals surface area contributed by atoms with Crippen LogP contribution in [0.3, 0.4) is 0 Å². The maximum absolute atomic E-state index is 7.35. The van der Waals surface area contributed by atoms with Gasteiger partial charge in [0.1, 0.15) is 5.72 Å². The van der Waals surface area contributed by atoms with Gasteiger partial charge in [-0.15, -0.1) is 0 Å². The summed E-state index contributed by atoms with van der Waals surface area (Å²) >= 11 is 0. The van der Waals surface area contributed by atoms with Crippen LogP contribution < -0.4 is 16.4 Å². The number of fused-ring (bicyclic) bond motifs is 1. The van der Waals surface area contributed by atoms with E-state index in [1.807, 2.05) is 0 Å². The number of nitrogens with two attached hydrogens (primary N) is 1. The molecule has 9 atom stereocenters. The van der Waals surface area contributed by atoms with Gasteiger partial charge >= 0.3 is 0 Å². The van der Waals surface area contributed by atoms with Crippen LogP contribution in [0.5, 0.6) is 0 Å². The molecule has 2 aliphatic carbocycles. The Morgan fingerprint density at radius 2 is 1.65 bits per heavy atom. The maximum Gasteiger partial charge on any atom is 0.123 e. The molecule has 4 nitrogen and oxygen atoms in total. The minimum Gasteiger partial charge on any atom is -0.354 e. The molecule has 40 heavy (non-hydrogen) atoms. The molecule has 0 bridgehead atoms. The topological polar surface area (TPSA) is 59.3 Å². The van der Waals surface area contributed by atoms with E-state index in [4.69, 9.17) is 10.5 Å². The van der Waals surface area contributed by atoms with Crippen LogP contribution in [-0.4, -0.2) is 37.0 Å². The molecule has 4 fully saturated rings. The molecule has 0 amide bonds. The van der Waals surface area contributed by atoms with Crippen LogP contribution in [0.2, 0.25) is 0 Å². The Hall–Kier alpha value is -0.160. The average molecular weight is 560 g/mol. The molecule has 0 aromatic carbocycles. The predicted molar refractivity (Wildman–Crippen MR) is 171 cm³/mol. The predicted octanol–water partition coefficient (Wildman–Crippen LogP) is 8.29. The highest BCUT2D eigenvalue weighted by molar-refractivity contribution is 5.25. The highest BCUT2D eigenvalue weighted by Crippen LogP contribution is 2.78. The third kappa shape index (κ3) is 4.50. The van der Waals surface area contributed by atoms with Gasteiger partial charge in [0.25, 0.3) is 0 Å². The van der Waals surface area contributed by atoms with Gasteiger partial charge in [-0.25, -0.2) is 0 Å². The van der Waals surface area contributed by atoms with E-state index in [0.717, 1.165) is 38.4 Å².